The largest absolute Gasteiger partial charge is 0.468 e. The Morgan fingerprint density at radius 1 is 1.33 bits per heavy atom. The smallest absolute Gasteiger partial charge is 0.332 e. The van der Waals surface area contributed by atoms with Crippen LogP contribution < -0.4 is 10.6 Å². The topological polar surface area (TPSA) is 92.9 Å². The number of hydrogen-bond acceptors (Lipinski definition) is 5. The lowest BCUT2D eigenvalue weighted by molar-refractivity contribution is -0.142. The first-order chi connectivity index (χ1) is 10.1. The Morgan fingerprint density at radius 2 is 2.00 bits per heavy atom. The molecule has 7 nitrogen and oxygen atoms in total. The van der Waals surface area contributed by atoms with Crippen LogP contribution in [0.3, 0.4) is 0 Å². The minimum Gasteiger partial charge on any atom is -0.468 e. The van der Waals surface area contributed by atoms with Crippen LogP contribution in [0.5, 0.6) is 0 Å². The van der Waals surface area contributed by atoms with Gasteiger partial charge in [-0.15, -0.1) is 0 Å². The third-order valence-corrected chi connectivity index (χ3v) is 3.35. The monoisotopic (exact) mass is 291 g/mol. The van der Waals surface area contributed by atoms with E-state index in [0.29, 0.717) is 5.69 Å². The summed E-state index contributed by atoms with van der Waals surface area (Å²) < 4.78 is 4.58. The van der Waals surface area contributed by atoms with Crippen molar-refractivity contribution < 1.29 is 19.1 Å². The summed E-state index contributed by atoms with van der Waals surface area (Å²) in [6.45, 7) is -0.120. The average Bonchev–Trinajstić information content (AvgIpc) is 2.50. The van der Waals surface area contributed by atoms with Gasteiger partial charge in [-0.3, -0.25) is 9.59 Å². The fourth-order valence-electron chi connectivity index (χ4n) is 2.24. The van der Waals surface area contributed by atoms with E-state index < -0.39 is 18.0 Å². The summed E-state index contributed by atoms with van der Waals surface area (Å²) in [6, 6.07) is 7.52. The average molecular weight is 291 g/mol. The first kappa shape index (κ1) is 15.0. The molecular formula is C14H17N3O4. The molecule has 0 bridgehead atoms. The predicted octanol–water partition coefficient (Wildman–Crippen LogP) is 0.346. The third-order valence-electron chi connectivity index (χ3n) is 3.35. The van der Waals surface area contributed by atoms with Gasteiger partial charge in [0.15, 0.2) is 0 Å². The van der Waals surface area contributed by atoms with Crippen molar-refractivity contribution in [2.24, 2.45) is 5.73 Å². The minimum atomic E-state index is -0.557. The molecule has 0 spiro atoms. The second kappa shape index (κ2) is 6.36. The SMILES string of the molecule is COC(=O)CN1C(=O)N(c2ccccc2)C(=O)C[C@@H]1CN. The number of hydrogen-bond donors (Lipinski definition) is 1. The first-order valence-corrected chi connectivity index (χ1v) is 6.54. The number of nitrogens with two attached hydrogens (primary N) is 1. The zero-order valence-corrected chi connectivity index (χ0v) is 11.7. The molecule has 1 atom stereocenters. The van der Waals surface area contributed by atoms with Crippen molar-refractivity contribution in [1.82, 2.24) is 4.90 Å². The minimum absolute atomic E-state index is 0.0775. The van der Waals surface area contributed by atoms with E-state index in [4.69, 9.17) is 5.73 Å². The van der Waals surface area contributed by atoms with Gasteiger partial charge in [0.25, 0.3) is 0 Å². The molecule has 1 fully saturated rings. The zero-order valence-electron chi connectivity index (χ0n) is 11.7. The van der Waals surface area contributed by atoms with Crippen LogP contribution in [-0.2, 0) is 14.3 Å². The summed E-state index contributed by atoms with van der Waals surface area (Å²) in [6.07, 6.45) is 0.0775. The maximum atomic E-state index is 12.5. The van der Waals surface area contributed by atoms with Crippen molar-refractivity contribution in [2.75, 3.05) is 25.1 Å². The fourth-order valence-corrected chi connectivity index (χ4v) is 2.24. The van der Waals surface area contributed by atoms with E-state index in [1.165, 1.54) is 12.0 Å². The van der Waals surface area contributed by atoms with Gasteiger partial charge in [0.1, 0.15) is 6.54 Å². The Bertz CT molecular complexity index is 546. The number of para-hydroxylation sites is 1. The maximum absolute atomic E-state index is 12.5. The number of methoxy groups -OCH3 is 1. The fraction of sp³-hybridized carbons (Fsp3) is 0.357. The van der Waals surface area contributed by atoms with Gasteiger partial charge in [0, 0.05) is 13.0 Å². The van der Waals surface area contributed by atoms with E-state index in [2.05, 4.69) is 4.74 Å². The number of urea groups is 1. The van der Waals surface area contributed by atoms with E-state index >= 15 is 0 Å². The highest BCUT2D eigenvalue weighted by atomic mass is 16.5. The van der Waals surface area contributed by atoms with Crippen LogP contribution in [0.1, 0.15) is 6.42 Å². The molecule has 2 rings (SSSR count). The molecular weight excluding hydrogens is 274 g/mol. The lowest BCUT2D eigenvalue weighted by atomic mass is 10.1. The number of ether oxygens (including phenoxy) is 1. The van der Waals surface area contributed by atoms with Crippen LogP contribution in [0.2, 0.25) is 0 Å². The van der Waals surface area contributed by atoms with Crippen LogP contribution >= 0.6 is 0 Å². The number of rotatable bonds is 4. The van der Waals surface area contributed by atoms with E-state index in [-0.39, 0.29) is 25.4 Å². The van der Waals surface area contributed by atoms with Gasteiger partial charge in [-0.25, -0.2) is 9.69 Å². The van der Waals surface area contributed by atoms with Crippen molar-refractivity contribution in [3.63, 3.8) is 0 Å². The summed E-state index contributed by atoms with van der Waals surface area (Å²) in [7, 11) is 1.24. The summed E-state index contributed by atoms with van der Waals surface area (Å²) in [5, 5.41) is 0. The molecule has 21 heavy (non-hydrogen) atoms. The number of carbonyl (C=O) groups is 3. The van der Waals surface area contributed by atoms with E-state index in [1.54, 1.807) is 30.3 Å². The number of anilines is 1. The Labute approximate surface area is 122 Å². The predicted molar refractivity (Wildman–Crippen MR) is 75.5 cm³/mol. The van der Waals surface area contributed by atoms with Crippen LogP contribution in [0, 0.1) is 0 Å². The molecule has 1 heterocycles. The Hall–Kier alpha value is -2.41. The van der Waals surface area contributed by atoms with Crippen LogP contribution in [0.25, 0.3) is 0 Å². The molecule has 0 radical (unpaired) electrons. The maximum Gasteiger partial charge on any atom is 0.332 e. The third kappa shape index (κ3) is 3.03. The molecule has 2 N–H and O–H groups in total. The number of esters is 1. The molecule has 1 aromatic carbocycles. The molecule has 0 aromatic heterocycles. The quantitative estimate of drug-likeness (QED) is 0.808. The summed E-state index contributed by atoms with van der Waals surface area (Å²) in [5.74, 6) is -0.882. The van der Waals surface area contributed by atoms with Crippen molar-refractivity contribution in [1.29, 1.82) is 0 Å². The van der Waals surface area contributed by atoms with Gasteiger partial charge in [-0.2, -0.15) is 0 Å². The molecule has 1 aromatic rings. The zero-order chi connectivity index (χ0) is 15.4. The number of carbonyl (C=O) groups excluding carboxylic acids is 3. The lowest BCUT2D eigenvalue weighted by Crippen LogP contribution is -2.60. The van der Waals surface area contributed by atoms with Crippen molar-refractivity contribution in [3.05, 3.63) is 30.3 Å². The van der Waals surface area contributed by atoms with E-state index in [0.717, 1.165) is 4.90 Å². The highest BCUT2D eigenvalue weighted by Crippen LogP contribution is 2.23. The highest BCUT2D eigenvalue weighted by Gasteiger charge is 2.39. The van der Waals surface area contributed by atoms with Gasteiger partial charge < -0.3 is 15.4 Å². The Balaban J connectivity index is 2.30. The summed E-state index contributed by atoms with van der Waals surface area (Å²) in [5.41, 5.74) is 6.07. The molecule has 0 aliphatic carbocycles. The number of benzene rings is 1. The molecule has 1 aliphatic rings. The summed E-state index contributed by atoms with van der Waals surface area (Å²) >= 11 is 0. The van der Waals surface area contributed by atoms with Crippen LogP contribution in [0.15, 0.2) is 30.3 Å². The second-order valence-electron chi connectivity index (χ2n) is 4.64. The number of nitrogens with zero attached hydrogens (tertiary/aromatic N) is 2. The van der Waals surface area contributed by atoms with Crippen LogP contribution in [0.4, 0.5) is 10.5 Å². The van der Waals surface area contributed by atoms with E-state index in [9.17, 15) is 14.4 Å². The first-order valence-electron chi connectivity index (χ1n) is 6.54. The Morgan fingerprint density at radius 3 is 2.57 bits per heavy atom. The molecule has 3 amide bonds. The standard InChI is InChI=1S/C14H17N3O4/c1-21-13(19)9-16-11(8-15)7-12(18)17(14(16)20)10-5-3-2-4-6-10/h2-6,11H,7-9,15H2,1H3/t11-/m1/s1. The van der Waals surface area contributed by atoms with E-state index in [1.807, 2.05) is 0 Å². The highest BCUT2D eigenvalue weighted by molar-refractivity contribution is 6.16. The van der Waals surface area contributed by atoms with Gasteiger partial charge in [0.2, 0.25) is 5.91 Å². The Kier molecular flexibility index (Phi) is 4.54. The van der Waals surface area contributed by atoms with Crippen molar-refractivity contribution in [2.45, 2.75) is 12.5 Å². The van der Waals surface area contributed by atoms with Gasteiger partial charge in [-0.05, 0) is 12.1 Å². The lowest BCUT2D eigenvalue weighted by Gasteiger charge is -2.39. The molecule has 112 valence electrons. The number of imide groups is 1. The van der Waals surface area contributed by atoms with Crippen LogP contribution in [-0.4, -0.2) is 49.0 Å². The van der Waals surface area contributed by atoms with Gasteiger partial charge >= 0.3 is 12.0 Å². The van der Waals surface area contributed by atoms with Gasteiger partial charge in [-0.1, -0.05) is 18.2 Å². The van der Waals surface area contributed by atoms with Crippen molar-refractivity contribution >= 4 is 23.6 Å². The van der Waals surface area contributed by atoms with Crippen molar-refractivity contribution in [3.8, 4) is 0 Å². The molecule has 0 unspecified atom stereocenters. The molecule has 0 saturated carbocycles. The second-order valence-corrected chi connectivity index (χ2v) is 4.64. The summed E-state index contributed by atoms with van der Waals surface area (Å²) in [4.78, 5) is 38.5. The number of amides is 3. The molecule has 1 aliphatic heterocycles. The van der Waals surface area contributed by atoms with Gasteiger partial charge in [0.05, 0.1) is 18.8 Å². The normalized spacial score (nSPS) is 18.9. The molecule has 1 saturated heterocycles. The molecule has 7 heteroatoms.